The van der Waals surface area contributed by atoms with Crippen LogP contribution in [-0.4, -0.2) is 37.1 Å². The molecule has 1 heterocycles. The highest BCUT2D eigenvalue weighted by Gasteiger charge is 2.24. The number of amides is 1. The fourth-order valence-corrected chi connectivity index (χ4v) is 2.46. The zero-order valence-corrected chi connectivity index (χ0v) is 11.5. The number of carbonyl (C=O) groups is 1. The van der Waals surface area contributed by atoms with Crippen LogP contribution in [0.1, 0.15) is 28.8 Å². The number of rotatable bonds is 3. The second kappa shape index (κ2) is 6.04. The quantitative estimate of drug-likeness (QED) is 0.641. The van der Waals surface area contributed by atoms with Crippen molar-refractivity contribution < 1.29 is 9.53 Å². The van der Waals surface area contributed by atoms with Crippen LogP contribution in [0.2, 0.25) is 0 Å². The van der Waals surface area contributed by atoms with Gasteiger partial charge in [-0.1, -0.05) is 0 Å². The van der Waals surface area contributed by atoms with Gasteiger partial charge >= 0.3 is 0 Å². The Morgan fingerprint density at radius 3 is 2.63 bits per heavy atom. The molecule has 0 aliphatic carbocycles. The number of hydrogen-bond donors (Lipinski definition) is 2. The van der Waals surface area contributed by atoms with Crippen molar-refractivity contribution in [2.45, 2.75) is 25.9 Å². The van der Waals surface area contributed by atoms with Crippen LogP contribution in [0.15, 0.2) is 18.2 Å². The molecule has 0 bridgehead atoms. The van der Waals surface area contributed by atoms with Crippen molar-refractivity contribution in [2.24, 2.45) is 5.84 Å². The van der Waals surface area contributed by atoms with Crippen molar-refractivity contribution in [3.05, 3.63) is 29.3 Å². The van der Waals surface area contributed by atoms with Crippen LogP contribution in [0.4, 0.5) is 5.69 Å². The molecule has 5 heteroatoms. The first kappa shape index (κ1) is 13.8. The number of aryl methyl sites for hydroxylation is 1. The SMILES string of the molecule is COC1CCN(C(=O)c2ccc(NN)cc2C)CC1. The van der Waals surface area contributed by atoms with Crippen molar-refractivity contribution in [3.63, 3.8) is 0 Å². The number of likely N-dealkylation sites (tertiary alicyclic amines) is 1. The summed E-state index contributed by atoms with van der Waals surface area (Å²) in [6, 6.07) is 5.53. The normalized spacial score (nSPS) is 16.5. The molecular weight excluding hydrogens is 242 g/mol. The van der Waals surface area contributed by atoms with Crippen LogP contribution >= 0.6 is 0 Å². The third-order valence-corrected chi connectivity index (χ3v) is 3.69. The standard InChI is InChI=1S/C14H21N3O2/c1-10-9-11(16-15)3-4-13(10)14(18)17-7-5-12(19-2)6-8-17/h3-4,9,12,16H,5-8,15H2,1-2H3. The fourth-order valence-electron chi connectivity index (χ4n) is 2.46. The average molecular weight is 263 g/mol. The molecule has 1 amide bonds. The van der Waals surface area contributed by atoms with Gasteiger partial charge < -0.3 is 15.1 Å². The summed E-state index contributed by atoms with van der Waals surface area (Å²) in [5.74, 6) is 5.45. The Morgan fingerprint density at radius 2 is 2.11 bits per heavy atom. The summed E-state index contributed by atoms with van der Waals surface area (Å²) in [6.45, 7) is 3.44. The lowest BCUT2D eigenvalue weighted by Gasteiger charge is -2.31. The number of nitrogen functional groups attached to an aromatic ring is 1. The van der Waals surface area contributed by atoms with Gasteiger partial charge in [-0.25, -0.2) is 0 Å². The maximum atomic E-state index is 12.4. The molecule has 1 aromatic rings. The lowest BCUT2D eigenvalue weighted by Crippen LogP contribution is -2.40. The third-order valence-electron chi connectivity index (χ3n) is 3.69. The second-order valence-electron chi connectivity index (χ2n) is 4.90. The fraction of sp³-hybridized carbons (Fsp3) is 0.500. The molecule has 1 aromatic carbocycles. The maximum absolute atomic E-state index is 12.4. The summed E-state index contributed by atoms with van der Waals surface area (Å²) in [5.41, 5.74) is 5.08. The van der Waals surface area contributed by atoms with E-state index in [2.05, 4.69) is 5.43 Å². The lowest BCUT2D eigenvalue weighted by atomic mass is 10.0. The number of carbonyl (C=O) groups excluding carboxylic acids is 1. The van der Waals surface area contributed by atoms with Gasteiger partial charge in [-0.05, 0) is 43.5 Å². The zero-order valence-electron chi connectivity index (χ0n) is 11.5. The van der Waals surface area contributed by atoms with Gasteiger partial charge in [0.15, 0.2) is 0 Å². The molecule has 104 valence electrons. The van der Waals surface area contributed by atoms with Crippen molar-refractivity contribution in [2.75, 3.05) is 25.6 Å². The number of nitrogens with zero attached hydrogens (tertiary/aromatic N) is 1. The number of nitrogens with one attached hydrogen (secondary N) is 1. The van der Waals surface area contributed by atoms with Gasteiger partial charge in [-0.15, -0.1) is 0 Å². The van der Waals surface area contributed by atoms with E-state index in [1.807, 2.05) is 30.0 Å². The van der Waals surface area contributed by atoms with Crippen LogP contribution in [0.5, 0.6) is 0 Å². The predicted octanol–water partition coefficient (Wildman–Crippen LogP) is 1.53. The molecule has 2 rings (SSSR count). The minimum atomic E-state index is 0.0932. The molecule has 5 nitrogen and oxygen atoms in total. The minimum absolute atomic E-state index is 0.0932. The Bertz CT molecular complexity index is 454. The first-order valence-electron chi connectivity index (χ1n) is 6.55. The van der Waals surface area contributed by atoms with E-state index in [9.17, 15) is 4.79 Å². The number of piperidine rings is 1. The van der Waals surface area contributed by atoms with Crippen molar-refractivity contribution in [3.8, 4) is 0 Å². The van der Waals surface area contributed by atoms with E-state index < -0.39 is 0 Å². The molecule has 0 saturated carbocycles. The first-order valence-corrected chi connectivity index (χ1v) is 6.55. The summed E-state index contributed by atoms with van der Waals surface area (Å²) in [7, 11) is 1.73. The Kier molecular flexibility index (Phi) is 4.39. The molecule has 0 radical (unpaired) electrons. The molecular formula is C14H21N3O2. The Morgan fingerprint density at radius 1 is 1.42 bits per heavy atom. The van der Waals surface area contributed by atoms with Crippen LogP contribution in [-0.2, 0) is 4.74 Å². The number of nitrogens with two attached hydrogens (primary N) is 1. The van der Waals surface area contributed by atoms with E-state index >= 15 is 0 Å². The van der Waals surface area contributed by atoms with Crippen LogP contribution in [0.3, 0.4) is 0 Å². The number of hydrogen-bond acceptors (Lipinski definition) is 4. The molecule has 3 N–H and O–H groups in total. The summed E-state index contributed by atoms with van der Waals surface area (Å²) < 4.78 is 5.32. The highest BCUT2D eigenvalue weighted by atomic mass is 16.5. The summed E-state index contributed by atoms with van der Waals surface area (Å²) in [6.07, 6.45) is 2.10. The number of hydrazine groups is 1. The van der Waals surface area contributed by atoms with Crippen molar-refractivity contribution >= 4 is 11.6 Å². The zero-order chi connectivity index (χ0) is 13.8. The van der Waals surface area contributed by atoms with E-state index in [1.54, 1.807) is 7.11 Å². The summed E-state index contributed by atoms with van der Waals surface area (Å²) in [4.78, 5) is 14.3. The predicted molar refractivity (Wildman–Crippen MR) is 74.9 cm³/mol. The van der Waals surface area contributed by atoms with E-state index in [0.717, 1.165) is 42.7 Å². The minimum Gasteiger partial charge on any atom is -0.381 e. The monoisotopic (exact) mass is 263 g/mol. The number of benzene rings is 1. The molecule has 0 spiro atoms. The highest BCUT2D eigenvalue weighted by Crippen LogP contribution is 2.19. The molecule has 0 unspecified atom stereocenters. The van der Waals surface area contributed by atoms with Gasteiger partial charge in [0.1, 0.15) is 0 Å². The largest absolute Gasteiger partial charge is 0.381 e. The molecule has 1 aliphatic heterocycles. The van der Waals surface area contributed by atoms with Crippen LogP contribution in [0, 0.1) is 6.92 Å². The first-order chi connectivity index (χ1) is 9.15. The van der Waals surface area contributed by atoms with E-state index in [0.29, 0.717) is 0 Å². The van der Waals surface area contributed by atoms with Crippen LogP contribution in [0.25, 0.3) is 0 Å². The average Bonchev–Trinajstić information content (AvgIpc) is 2.46. The van der Waals surface area contributed by atoms with Gasteiger partial charge in [-0.3, -0.25) is 10.6 Å². The van der Waals surface area contributed by atoms with Crippen molar-refractivity contribution in [1.82, 2.24) is 4.90 Å². The maximum Gasteiger partial charge on any atom is 0.254 e. The smallest absolute Gasteiger partial charge is 0.254 e. The van der Waals surface area contributed by atoms with Gasteiger partial charge in [0.25, 0.3) is 5.91 Å². The number of ether oxygens (including phenoxy) is 1. The summed E-state index contributed by atoms with van der Waals surface area (Å²) >= 11 is 0. The van der Waals surface area contributed by atoms with E-state index in [-0.39, 0.29) is 12.0 Å². The summed E-state index contributed by atoms with van der Waals surface area (Å²) in [5, 5.41) is 0. The lowest BCUT2D eigenvalue weighted by molar-refractivity contribution is 0.0350. The molecule has 0 atom stereocenters. The van der Waals surface area contributed by atoms with Crippen molar-refractivity contribution in [1.29, 1.82) is 0 Å². The Hall–Kier alpha value is -1.59. The second-order valence-corrected chi connectivity index (χ2v) is 4.90. The van der Waals surface area contributed by atoms with Gasteiger partial charge in [-0.2, -0.15) is 0 Å². The molecule has 1 fully saturated rings. The Balaban J connectivity index is 2.08. The van der Waals surface area contributed by atoms with Crippen LogP contribution < -0.4 is 11.3 Å². The number of methoxy groups -OCH3 is 1. The van der Waals surface area contributed by atoms with Gasteiger partial charge in [0.2, 0.25) is 0 Å². The molecule has 1 aliphatic rings. The number of anilines is 1. The topological polar surface area (TPSA) is 67.6 Å². The van der Waals surface area contributed by atoms with E-state index in [4.69, 9.17) is 10.6 Å². The third kappa shape index (κ3) is 3.05. The molecule has 1 saturated heterocycles. The molecule has 19 heavy (non-hydrogen) atoms. The van der Waals surface area contributed by atoms with E-state index in [1.165, 1.54) is 0 Å². The Labute approximate surface area is 113 Å². The molecule has 0 aromatic heterocycles. The highest BCUT2D eigenvalue weighted by molar-refractivity contribution is 5.96. The van der Waals surface area contributed by atoms with Gasteiger partial charge in [0.05, 0.1) is 6.10 Å². The van der Waals surface area contributed by atoms with Gasteiger partial charge in [0, 0.05) is 31.5 Å².